The van der Waals surface area contributed by atoms with Gasteiger partial charge in [-0.15, -0.1) is 0 Å². The topological polar surface area (TPSA) is 55.8 Å². The molecule has 2 aromatic carbocycles. The van der Waals surface area contributed by atoms with E-state index < -0.39 is 5.97 Å². The standard InChI is InChI=1S/C19H20BrNO4/c1-14(15-6-4-3-5-7-15)21(2)18(22)12-25-19(23)13-24-17-10-8-16(20)9-11-17/h3-11,14H,12-13H2,1-2H3. The summed E-state index contributed by atoms with van der Waals surface area (Å²) < 4.78 is 11.2. The van der Waals surface area contributed by atoms with Crippen LogP contribution in [0.3, 0.4) is 0 Å². The van der Waals surface area contributed by atoms with Crippen LogP contribution >= 0.6 is 15.9 Å². The maximum Gasteiger partial charge on any atom is 0.344 e. The van der Waals surface area contributed by atoms with Gasteiger partial charge in [0, 0.05) is 11.5 Å². The normalized spacial score (nSPS) is 11.5. The molecule has 25 heavy (non-hydrogen) atoms. The molecule has 0 aliphatic heterocycles. The zero-order valence-electron chi connectivity index (χ0n) is 14.1. The first kappa shape index (κ1) is 19.0. The lowest BCUT2D eigenvalue weighted by Gasteiger charge is -2.25. The molecule has 0 fully saturated rings. The summed E-state index contributed by atoms with van der Waals surface area (Å²) in [7, 11) is 1.69. The Kier molecular flexibility index (Phi) is 7.01. The molecular formula is C19H20BrNO4. The van der Waals surface area contributed by atoms with Crippen LogP contribution in [0.4, 0.5) is 0 Å². The van der Waals surface area contributed by atoms with Crippen LogP contribution in [0.2, 0.25) is 0 Å². The van der Waals surface area contributed by atoms with Crippen molar-refractivity contribution in [2.45, 2.75) is 13.0 Å². The summed E-state index contributed by atoms with van der Waals surface area (Å²) in [6, 6.07) is 16.6. The summed E-state index contributed by atoms with van der Waals surface area (Å²) in [4.78, 5) is 25.5. The van der Waals surface area contributed by atoms with Crippen molar-refractivity contribution in [3.05, 3.63) is 64.6 Å². The third-order valence-corrected chi connectivity index (χ3v) is 4.31. The number of hydrogen-bond donors (Lipinski definition) is 0. The molecule has 6 heteroatoms. The van der Waals surface area contributed by atoms with Crippen LogP contribution in [0.25, 0.3) is 0 Å². The smallest absolute Gasteiger partial charge is 0.344 e. The third kappa shape index (κ3) is 5.90. The van der Waals surface area contributed by atoms with E-state index in [9.17, 15) is 9.59 Å². The molecule has 0 bridgehead atoms. The minimum Gasteiger partial charge on any atom is -0.482 e. The second-order valence-electron chi connectivity index (χ2n) is 5.49. The first-order chi connectivity index (χ1) is 12.0. The van der Waals surface area contributed by atoms with Gasteiger partial charge in [-0.25, -0.2) is 4.79 Å². The minimum absolute atomic E-state index is 0.105. The maximum absolute atomic E-state index is 12.2. The van der Waals surface area contributed by atoms with Gasteiger partial charge in [-0.2, -0.15) is 0 Å². The summed E-state index contributed by atoms with van der Waals surface area (Å²) in [5.41, 5.74) is 1.02. The lowest BCUT2D eigenvalue weighted by atomic mass is 10.1. The molecule has 0 aromatic heterocycles. The Labute approximate surface area is 155 Å². The number of rotatable bonds is 7. The minimum atomic E-state index is -0.586. The number of likely N-dealkylation sites (N-methyl/N-ethyl adjacent to an activating group) is 1. The highest BCUT2D eigenvalue weighted by Gasteiger charge is 2.18. The van der Waals surface area contributed by atoms with E-state index in [1.165, 1.54) is 0 Å². The Morgan fingerprint density at radius 2 is 1.68 bits per heavy atom. The van der Waals surface area contributed by atoms with Crippen LogP contribution in [0, 0.1) is 0 Å². The van der Waals surface area contributed by atoms with Gasteiger partial charge in [0.15, 0.2) is 13.2 Å². The van der Waals surface area contributed by atoms with E-state index >= 15 is 0 Å². The first-order valence-corrected chi connectivity index (χ1v) is 8.61. The van der Waals surface area contributed by atoms with E-state index in [1.807, 2.05) is 49.4 Å². The maximum atomic E-state index is 12.2. The molecule has 2 rings (SSSR count). The summed E-state index contributed by atoms with van der Waals surface area (Å²) in [5, 5.41) is 0. The molecule has 0 saturated heterocycles. The fourth-order valence-corrected chi connectivity index (χ4v) is 2.39. The van der Waals surface area contributed by atoms with Gasteiger partial charge in [0.2, 0.25) is 0 Å². The lowest BCUT2D eigenvalue weighted by Crippen LogP contribution is -2.34. The molecule has 0 radical (unpaired) electrons. The number of carbonyl (C=O) groups is 2. The number of halogens is 1. The number of ether oxygens (including phenoxy) is 2. The van der Waals surface area contributed by atoms with Crippen molar-refractivity contribution in [3.8, 4) is 5.75 Å². The molecule has 0 saturated carbocycles. The van der Waals surface area contributed by atoms with E-state index in [-0.39, 0.29) is 25.2 Å². The van der Waals surface area contributed by atoms with E-state index in [0.29, 0.717) is 5.75 Å². The van der Waals surface area contributed by atoms with Crippen LogP contribution in [0.1, 0.15) is 18.5 Å². The summed E-state index contributed by atoms with van der Waals surface area (Å²) in [6.45, 7) is 1.37. The summed E-state index contributed by atoms with van der Waals surface area (Å²) in [6.07, 6.45) is 0. The van der Waals surface area contributed by atoms with Crippen molar-refractivity contribution in [2.24, 2.45) is 0 Å². The summed E-state index contributed by atoms with van der Waals surface area (Å²) in [5.74, 6) is -0.299. The van der Waals surface area contributed by atoms with Gasteiger partial charge in [-0.1, -0.05) is 46.3 Å². The highest BCUT2D eigenvalue weighted by molar-refractivity contribution is 9.10. The molecule has 0 spiro atoms. The first-order valence-electron chi connectivity index (χ1n) is 7.82. The van der Waals surface area contributed by atoms with Crippen LogP contribution in [-0.4, -0.2) is 37.0 Å². The lowest BCUT2D eigenvalue weighted by molar-refractivity contribution is -0.153. The van der Waals surface area contributed by atoms with Gasteiger partial charge in [0.05, 0.1) is 6.04 Å². The second-order valence-corrected chi connectivity index (χ2v) is 6.41. The molecule has 0 heterocycles. The largest absolute Gasteiger partial charge is 0.482 e. The fraction of sp³-hybridized carbons (Fsp3) is 0.263. The molecule has 1 atom stereocenters. The van der Waals surface area contributed by atoms with E-state index in [1.54, 1.807) is 24.1 Å². The number of esters is 1. The summed E-state index contributed by atoms with van der Waals surface area (Å²) >= 11 is 3.32. The van der Waals surface area contributed by atoms with Crippen molar-refractivity contribution in [1.82, 2.24) is 4.90 Å². The molecule has 0 aliphatic rings. The zero-order valence-corrected chi connectivity index (χ0v) is 15.7. The molecule has 1 unspecified atom stereocenters. The van der Waals surface area contributed by atoms with Gasteiger partial charge in [-0.3, -0.25) is 4.79 Å². The monoisotopic (exact) mass is 405 g/mol. The number of hydrogen-bond acceptors (Lipinski definition) is 4. The third-order valence-electron chi connectivity index (χ3n) is 3.78. The van der Waals surface area contributed by atoms with Crippen LogP contribution < -0.4 is 4.74 Å². The number of carbonyl (C=O) groups excluding carboxylic acids is 2. The van der Waals surface area contributed by atoms with Crippen molar-refractivity contribution in [3.63, 3.8) is 0 Å². The van der Waals surface area contributed by atoms with Gasteiger partial charge in [0.1, 0.15) is 5.75 Å². The predicted octanol–water partition coefficient (Wildman–Crippen LogP) is 3.59. The van der Waals surface area contributed by atoms with E-state index in [2.05, 4.69) is 15.9 Å². The Hall–Kier alpha value is -2.34. The van der Waals surface area contributed by atoms with Crippen molar-refractivity contribution in [1.29, 1.82) is 0 Å². The molecule has 2 aromatic rings. The number of benzene rings is 2. The van der Waals surface area contributed by atoms with Crippen LogP contribution in [0.5, 0.6) is 5.75 Å². The predicted molar refractivity (Wildman–Crippen MR) is 98.2 cm³/mol. The second kappa shape index (κ2) is 9.22. The molecule has 1 amide bonds. The highest BCUT2D eigenvalue weighted by Crippen LogP contribution is 2.18. The van der Waals surface area contributed by atoms with Gasteiger partial charge >= 0.3 is 5.97 Å². The molecule has 5 nitrogen and oxygen atoms in total. The molecular weight excluding hydrogens is 386 g/mol. The van der Waals surface area contributed by atoms with Gasteiger partial charge in [0.25, 0.3) is 5.91 Å². The van der Waals surface area contributed by atoms with Crippen LogP contribution in [-0.2, 0) is 14.3 Å². The van der Waals surface area contributed by atoms with E-state index in [0.717, 1.165) is 10.0 Å². The Balaban J connectivity index is 1.76. The number of nitrogens with zero attached hydrogens (tertiary/aromatic N) is 1. The van der Waals surface area contributed by atoms with Crippen molar-refractivity contribution >= 4 is 27.8 Å². The molecule has 0 N–H and O–H groups in total. The van der Waals surface area contributed by atoms with Gasteiger partial charge < -0.3 is 14.4 Å². The van der Waals surface area contributed by atoms with Crippen molar-refractivity contribution in [2.75, 3.05) is 20.3 Å². The van der Waals surface area contributed by atoms with Crippen molar-refractivity contribution < 1.29 is 19.1 Å². The SMILES string of the molecule is CC(c1ccccc1)N(C)C(=O)COC(=O)COc1ccc(Br)cc1. The molecule has 0 aliphatic carbocycles. The van der Waals surface area contributed by atoms with Crippen LogP contribution in [0.15, 0.2) is 59.1 Å². The van der Waals surface area contributed by atoms with E-state index in [4.69, 9.17) is 9.47 Å². The average molecular weight is 406 g/mol. The highest BCUT2D eigenvalue weighted by atomic mass is 79.9. The Morgan fingerprint density at radius 1 is 1.04 bits per heavy atom. The molecule has 132 valence electrons. The fourth-order valence-electron chi connectivity index (χ4n) is 2.13. The van der Waals surface area contributed by atoms with Gasteiger partial charge in [-0.05, 0) is 36.8 Å². The Morgan fingerprint density at radius 3 is 2.32 bits per heavy atom. The number of amides is 1. The Bertz CT molecular complexity index is 703. The zero-order chi connectivity index (χ0) is 18.2. The average Bonchev–Trinajstić information content (AvgIpc) is 2.65. The quantitative estimate of drug-likeness (QED) is 0.660.